The van der Waals surface area contributed by atoms with Crippen LogP contribution in [0.2, 0.25) is 74.5 Å². The van der Waals surface area contributed by atoms with Gasteiger partial charge in [-0.05, 0) is 437 Å². The highest BCUT2D eigenvalue weighted by molar-refractivity contribution is 6.78. The van der Waals surface area contributed by atoms with Crippen molar-refractivity contribution >= 4 is 55.2 Å². The second-order valence-electron chi connectivity index (χ2n) is 60.8. The molecule has 16 heteroatoms. The number of hydrogen-bond donors (Lipinski definition) is 0. The van der Waals surface area contributed by atoms with Gasteiger partial charge in [-0.25, -0.2) is 0 Å². The van der Waals surface area contributed by atoms with E-state index in [4.69, 9.17) is 37.9 Å². The lowest BCUT2D eigenvalue weighted by Crippen LogP contribution is -2.67. The topological polar surface area (TPSA) is 86.8 Å². The Morgan fingerprint density at radius 3 is 0.740 bits per heavy atom. The molecule has 0 spiro atoms. The lowest BCUT2D eigenvalue weighted by atomic mass is 9.68. The van der Waals surface area contributed by atoms with Gasteiger partial charge in [0, 0.05) is 66.0 Å². The Morgan fingerprint density at radius 2 is 0.480 bits per heavy atom. The zero-order chi connectivity index (χ0) is 110. The van der Waals surface area contributed by atoms with Crippen LogP contribution in [-0.2, 0) is 21.7 Å². The summed E-state index contributed by atoms with van der Waals surface area (Å²) in [5, 5.41) is 0. The Bertz CT molecular complexity index is 5890. The van der Waals surface area contributed by atoms with Crippen LogP contribution >= 0.6 is 0 Å². The molecule has 0 amide bonds. The monoisotopic (exact) mass is 2110 g/mol. The van der Waals surface area contributed by atoms with E-state index >= 15 is 0 Å². The molecule has 4 aliphatic heterocycles. The highest BCUT2D eigenvalue weighted by atomic mass is 28.3. The Hall–Kier alpha value is -6.09. The molecule has 4 aromatic rings. The third-order valence-electron chi connectivity index (χ3n) is 39.6. The lowest BCUT2D eigenvalue weighted by molar-refractivity contribution is 0.120. The summed E-state index contributed by atoms with van der Waals surface area (Å²) in [4.78, 5) is 0. The molecular weight excluding hydrogens is 1910 g/mol. The first kappa shape index (κ1) is 115. The minimum absolute atomic E-state index is 0.00540. The third-order valence-corrected chi connectivity index (χ3v) is 59.7. The zero-order valence-electron chi connectivity index (χ0n) is 103. The molecule has 4 fully saturated rings. The molecule has 0 aromatic heterocycles. The van der Waals surface area contributed by atoms with Gasteiger partial charge in [0.25, 0.3) is 0 Å². The van der Waals surface area contributed by atoms with E-state index in [0.717, 1.165) is 80.0 Å². The van der Waals surface area contributed by atoms with Crippen molar-refractivity contribution in [3.63, 3.8) is 0 Å². The van der Waals surface area contributed by atoms with Gasteiger partial charge in [0.1, 0.15) is 85.8 Å². The van der Waals surface area contributed by atoms with Crippen molar-refractivity contribution in [3.05, 3.63) is 164 Å². The molecule has 828 valence electrons. The molecule has 20 rings (SSSR count). The van der Waals surface area contributed by atoms with Crippen LogP contribution < -0.4 is 37.9 Å². The molecule has 0 N–H and O–H groups in total. The van der Waals surface area contributed by atoms with Gasteiger partial charge in [-0.3, -0.25) is 0 Å². The molecule has 4 saturated carbocycles. The average Bonchev–Trinajstić information content (AvgIpc) is 1.56. The normalized spacial score (nSPS) is 27.2. The van der Waals surface area contributed by atoms with E-state index < -0.39 is 32.9 Å². The van der Waals surface area contributed by atoms with Crippen LogP contribution in [0.15, 0.2) is 119 Å². The fourth-order valence-electron chi connectivity index (χ4n) is 38.2. The molecule has 0 bridgehead atoms. The van der Waals surface area contributed by atoms with Gasteiger partial charge in [-0.1, -0.05) is 234 Å². The molecule has 0 saturated heterocycles. The molecule has 12 nitrogen and oxygen atoms in total. The SMILES string of the molecule is CC1(C)C2=CC3C(C=C2c2cc4c(cc21)OCCO4)CCC3[Si](C)(C)N(C(C)(C)C)C(C)(C)C.CC1CC2C=C3C(=CC2C1[Si](C)(C)N(C(C)(C)C)C(C)(C)C)C(C)(C)c1cc2c(cc13)OCCO2.CCCCC1(CCCC)C2=CC3C(C=C2c2cc4c(cc21)OCCO4)CC(C)C3[Si](C)(C)N(C(C)(C)C)C(C)(C)C.CCCCC1(CCCC)C2=CC3C(C=C2c2cc4c(cc21)OCCO4)CCC3[Si](C)(C)N(C(C)(C)C)C(C)(C)C. The molecule has 14 unspecified atom stereocenters. The summed E-state index contributed by atoms with van der Waals surface area (Å²) in [5.41, 5.74) is 28.2. The summed E-state index contributed by atoms with van der Waals surface area (Å²) in [6.07, 6.45) is 44.8. The molecule has 4 heterocycles. The summed E-state index contributed by atoms with van der Waals surface area (Å²) in [5.74, 6) is 14.0. The number of unbranched alkanes of at least 4 members (excludes halogenated alkanes) is 4. The largest absolute Gasteiger partial charge is 0.486 e. The molecular formula is C134H208N4O8Si4. The van der Waals surface area contributed by atoms with Crippen molar-refractivity contribution in [2.45, 2.75) is 491 Å². The highest BCUT2D eigenvalue weighted by Gasteiger charge is 2.64. The van der Waals surface area contributed by atoms with Crippen LogP contribution in [-0.4, -0.2) is 148 Å². The van der Waals surface area contributed by atoms with Crippen molar-refractivity contribution in [1.82, 2.24) is 18.3 Å². The van der Waals surface area contributed by atoms with Gasteiger partial charge in [-0.2, -0.15) is 0 Å². The van der Waals surface area contributed by atoms with Gasteiger partial charge >= 0.3 is 0 Å². The molecule has 0 radical (unpaired) electrons. The van der Waals surface area contributed by atoms with Crippen LogP contribution in [0.5, 0.6) is 46.0 Å². The van der Waals surface area contributed by atoms with Gasteiger partial charge in [0.05, 0.1) is 0 Å². The van der Waals surface area contributed by atoms with E-state index in [2.05, 4.69) is 403 Å². The van der Waals surface area contributed by atoms with E-state index in [1.165, 1.54) is 194 Å². The summed E-state index contributed by atoms with van der Waals surface area (Å²) >= 11 is 0. The van der Waals surface area contributed by atoms with Crippen molar-refractivity contribution < 1.29 is 37.9 Å². The first-order valence-corrected chi connectivity index (χ1v) is 72.5. The van der Waals surface area contributed by atoms with Crippen LogP contribution in [0.1, 0.15) is 395 Å². The Balaban J connectivity index is 0.000000136. The van der Waals surface area contributed by atoms with Gasteiger partial charge < -0.3 is 56.2 Å². The van der Waals surface area contributed by atoms with Gasteiger partial charge in [0.15, 0.2) is 46.0 Å². The van der Waals surface area contributed by atoms with Crippen LogP contribution in [0.4, 0.5) is 0 Å². The smallest absolute Gasteiger partial charge is 0.161 e. The molecule has 150 heavy (non-hydrogen) atoms. The van der Waals surface area contributed by atoms with Gasteiger partial charge in [0.2, 0.25) is 0 Å². The second kappa shape index (κ2) is 40.7. The maximum Gasteiger partial charge on any atom is 0.161 e. The quantitative estimate of drug-likeness (QED) is 0.0790. The van der Waals surface area contributed by atoms with Crippen LogP contribution in [0.25, 0.3) is 22.3 Å². The number of ether oxygens (including phenoxy) is 8. The average molecular weight is 2120 g/mol. The van der Waals surface area contributed by atoms with E-state index in [1.54, 1.807) is 11.1 Å². The highest BCUT2D eigenvalue weighted by Crippen LogP contribution is 2.70. The fraction of sp³-hybridized carbons (Fsp3) is 0.701. The number of rotatable bonds is 20. The van der Waals surface area contributed by atoms with Crippen molar-refractivity contribution in [1.29, 1.82) is 0 Å². The van der Waals surface area contributed by atoms with Crippen LogP contribution in [0, 0.1) is 59.2 Å². The van der Waals surface area contributed by atoms with Crippen molar-refractivity contribution in [2.75, 3.05) is 52.9 Å². The van der Waals surface area contributed by atoms with Crippen LogP contribution in [0.3, 0.4) is 0 Å². The van der Waals surface area contributed by atoms with Crippen molar-refractivity contribution in [3.8, 4) is 46.0 Å². The van der Waals surface area contributed by atoms with E-state index in [0.29, 0.717) is 100 Å². The lowest BCUT2D eigenvalue weighted by Gasteiger charge is -2.57. The summed E-state index contributed by atoms with van der Waals surface area (Å²) in [7, 11) is -7.23. The zero-order valence-corrected chi connectivity index (χ0v) is 107. The Labute approximate surface area is 918 Å². The molecule has 4 aromatic carbocycles. The van der Waals surface area contributed by atoms with E-state index in [-0.39, 0.29) is 66.0 Å². The maximum atomic E-state index is 6.18. The number of allylic oxidation sites excluding steroid dienone is 16. The molecule has 14 atom stereocenters. The third kappa shape index (κ3) is 20.4. The second-order valence-corrected chi connectivity index (χ2v) is 78.6. The molecule has 12 aliphatic carbocycles. The summed E-state index contributed by atoms with van der Waals surface area (Å²) in [6, 6.07) is 18.5. The van der Waals surface area contributed by atoms with Crippen molar-refractivity contribution in [2.24, 2.45) is 59.2 Å². The maximum absolute atomic E-state index is 6.18. The summed E-state index contributed by atoms with van der Waals surface area (Å²) < 4.78 is 60.3. The minimum atomic E-state index is -1.86. The predicted octanol–water partition coefficient (Wildman–Crippen LogP) is 35.5. The minimum Gasteiger partial charge on any atom is -0.486 e. The standard InChI is InChI=1S/C37H59NO2Si.C36H57NO2Si.C31H47NO2Si.C30H45NO2Si/c1-12-14-16-37(17-15-13-2)30-22-27-26(21-28(30)29-23-32-33(24-31(29)37)40-19-18-39-32)20-25(3)34(27)41(10,11)38(35(4,5)6)36(7,8)9;1-11-13-17-36(18-14-12-2)29-22-26-25(15-16-33(26)40(9,10)37(34(3,4)5)35(6,7)8)21-27(29)28-23-31-32(24-30(28)36)39-20-19-38-31;1-19-14-20-15-22-23-17-26-27(34-13-12-33-26)18-25(23)31(8,9)24(22)16-21(20)28(19)35(10,11)32(29(2,3)4)30(5,6)7;1-28(2,3)31(29(4,5)6)34(9,10)27-12-11-19-15-21-22-17-25-26(33-14-13-32-25)18-24(22)30(7,8)23(21)16-20(19)27/h21-27,34H,12-20H2,1-11H3;21-26,33H,11-20H2,1-10H3;15-21,28H,12-14H2,1-11H3;15-20,27H,11-14H2,1-10H3. The number of benzene rings is 4. The molecule has 16 aliphatic rings. The predicted molar refractivity (Wildman–Crippen MR) is 646 cm³/mol. The Morgan fingerprint density at radius 1 is 0.267 bits per heavy atom. The number of hydrogen-bond acceptors (Lipinski definition) is 12. The Kier molecular flexibility index (Phi) is 31.2. The van der Waals surface area contributed by atoms with Gasteiger partial charge in [-0.15, -0.1) is 0 Å². The van der Waals surface area contributed by atoms with E-state index in [9.17, 15) is 0 Å². The fourth-order valence-corrected chi connectivity index (χ4v) is 63.2. The first-order valence-electron chi connectivity index (χ1n) is 60.4. The summed E-state index contributed by atoms with van der Waals surface area (Å²) in [6.45, 7) is 109. The van der Waals surface area contributed by atoms with E-state index in [1.807, 2.05) is 0 Å². The first-order chi connectivity index (χ1) is 69.6. The number of nitrogens with zero attached hydrogens (tertiary/aromatic N) is 4. The number of fused-ring (bicyclic) bond motifs is 20.